The van der Waals surface area contributed by atoms with Gasteiger partial charge >= 0.3 is 12.3 Å². The highest BCUT2D eigenvalue weighted by Gasteiger charge is 2.34. The maximum Gasteiger partial charge on any atom is 0.573 e. The monoisotopic (exact) mass is 563 g/mol. The Labute approximate surface area is 219 Å². The van der Waals surface area contributed by atoms with Crippen molar-refractivity contribution in [3.8, 4) is 22.6 Å². The molecule has 0 aliphatic heterocycles. The summed E-state index contributed by atoms with van der Waals surface area (Å²) in [7, 11) is -2.97. The Morgan fingerprint density at radius 2 is 1.59 bits per heavy atom. The molecule has 4 aromatic rings. The van der Waals surface area contributed by atoms with Crippen molar-refractivity contribution in [2.75, 3.05) is 7.11 Å². The Hall–Kier alpha value is -4.46. The standard InChI is InChI=1S/C25H20F3N3O7S/c1-37-18-8-11-21-20(14-18)23(32)31(30-29-21)13-12-22(24(33)34)39(35,36)19-9-4-16(5-10-19)15-2-6-17(7-3-15)38-25(26,27)28/h2-11,14,22H,12-13H2,1H3,(H,33,34). The van der Waals surface area contributed by atoms with E-state index in [0.717, 1.165) is 16.8 Å². The first-order valence-electron chi connectivity index (χ1n) is 11.2. The van der Waals surface area contributed by atoms with Gasteiger partial charge in [0.05, 0.1) is 17.4 Å². The summed E-state index contributed by atoms with van der Waals surface area (Å²) in [6, 6.07) is 14.7. The van der Waals surface area contributed by atoms with Crippen molar-refractivity contribution in [2.45, 2.75) is 29.5 Å². The van der Waals surface area contributed by atoms with Crippen molar-refractivity contribution in [3.63, 3.8) is 0 Å². The van der Waals surface area contributed by atoms with Crippen LogP contribution in [0.5, 0.6) is 11.5 Å². The second kappa shape index (κ2) is 10.7. The van der Waals surface area contributed by atoms with Crippen LogP contribution in [0.2, 0.25) is 0 Å². The molecule has 0 bridgehead atoms. The third-order valence-electron chi connectivity index (χ3n) is 5.79. The van der Waals surface area contributed by atoms with Crippen LogP contribution in [0.4, 0.5) is 13.2 Å². The van der Waals surface area contributed by atoms with Crippen LogP contribution < -0.4 is 15.0 Å². The highest BCUT2D eigenvalue weighted by Crippen LogP contribution is 2.28. The smallest absolute Gasteiger partial charge is 0.497 e. The minimum atomic E-state index is -4.83. The fourth-order valence-electron chi connectivity index (χ4n) is 3.83. The van der Waals surface area contributed by atoms with Crippen LogP contribution in [0, 0.1) is 0 Å². The van der Waals surface area contributed by atoms with Gasteiger partial charge in [0, 0.05) is 6.54 Å². The van der Waals surface area contributed by atoms with Gasteiger partial charge in [0.2, 0.25) is 0 Å². The summed E-state index contributed by atoms with van der Waals surface area (Å²) in [6.45, 7) is -0.334. The van der Waals surface area contributed by atoms with Gasteiger partial charge in [0.1, 0.15) is 17.0 Å². The molecule has 1 atom stereocenters. The van der Waals surface area contributed by atoms with Crippen molar-refractivity contribution in [1.82, 2.24) is 15.0 Å². The lowest BCUT2D eigenvalue weighted by molar-refractivity contribution is -0.274. The average molecular weight is 564 g/mol. The lowest BCUT2D eigenvalue weighted by atomic mass is 10.1. The third kappa shape index (κ3) is 6.17. The average Bonchev–Trinajstić information content (AvgIpc) is 2.89. The molecule has 0 saturated carbocycles. The molecule has 0 amide bonds. The number of benzene rings is 3. The van der Waals surface area contributed by atoms with Gasteiger partial charge in [-0.2, -0.15) is 0 Å². The van der Waals surface area contributed by atoms with E-state index in [1.54, 1.807) is 6.07 Å². The molecular formula is C25H20F3N3O7S. The van der Waals surface area contributed by atoms with Gasteiger partial charge in [-0.1, -0.05) is 29.5 Å². The number of hydrogen-bond acceptors (Lipinski definition) is 8. The number of alkyl halides is 3. The number of sulfone groups is 1. The van der Waals surface area contributed by atoms with Gasteiger partial charge in [-0.25, -0.2) is 13.1 Å². The molecule has 39 heavy (non-hydrogen) atoms. The maximum atomic E-state index is 13.2. The zero-order valence-corrected chi connectivity index (χ0v) is 20.9. The number of halogens is 3. The van der Waals surface area contributed by atoms with E-state index in [0.29, 0.717) is 22.4 Å². The van der Waals surface area contributed by atoms with Gasteiger partial charge in [0.25, 0.3) is 5.56 Å². The second-order valence-electron chi connectivity index (χ2n) is 8.26. The lowest BCUT2D eigenvalue weighted by Crippen LogP contribution is -2.34. The number of nitrogens with zero attached hydrogens (tertiary/aromatic N) is 3. The molecule has 1 N–H and O–H groups in total. The van der Waals surface area contributed by atoms with Gasteiger partial charge < -0.3 is 14.6 Å². The van der Waals surface area contributed by atoms with Crippen LogP contribution in [0.1, 0.15) is 6.42 Å². The Balaban J connectivity index is 1.54. The quantitative estimate of drug-likeness (QED) is 0.323. The Morgan fingerprint density at radius 1 is 1.00 bits per heavy atom. The van der Waals surface area contributed by atoms with Crippen molar-refractivity contribution < 1.29 is 41.0 Å². The first-order valence-corrected chi connectivity index (χ1v) is 12.8. The SMILES string of the molecule is COc1ccc2nnn(CCC(C(=O)O)S(=O)(=O)c3ccc(-c4ccc(OC(F)(F)F)cc4)cc3)c(=O)c2c1. The number of aliphatic carboxylic acids is 1. The number of aryl methyl sites for hydroxylation is 1. The van der Waals surface area contributed by atoms with Crippen molar-refractivity contribution >= 4 is 26.7 Å². The molecular weight excluding hydrogens is 543 g/mol. The minimum absolute atomic E-state index is 0.174. The second-order valence-corrected chi connectivity index (χ2v) is 10.4. The number of carbonyl (C=O) groups is 1. The van der Waals surface area contributed by atoms with Crippen LogP contribution in [-0.4, -0.2) is 53.2 Å². The zero-order chi connectivity index (χ0) is 28.4. The summed E-state index contributed by atoms with van der Waals surface area (Å²) in [5.74, 6) is -1.62. The minimum Gasteiger partial charge on any atom is -0.497 e. The summed E-state index contributed by atoms with van der Waals surface area (Å²) in [5, 5.41) is 15.7. The molecule has 0 fully saturated rings. The molecule has 0 aliphatic carbocycles. The van der Waals surface area contributed by atoms with Crippen LogP contribution in [-0.2, 0) is 21.2 Å². The summed E-state index contributed by atoms with van der Waals surface area (Å²) in [6.07, 6.45) is -5.30. The Bertz CT molecular complexity index is 1670. The predicted molar refractivity (Wildman–Crippen MR) is 132 cm³/mol. The molecule has 1 aromatic heterocycles. The number of methoxy groups -OCH3 is 1. The summed E-state index contributed by atoms with van der Waals surface area (Å²) >= 11 is 0. The highest BCUT2D eigenvalue weighted by atomic mass is 32.2. The first kappa shape index (κ1) is 27.6. The van der Waals surface area contributed by atoms with Gasteiger partial charge in [-0.15, -0.1) is 18.3 Å². The van der Waals surface area contributed by atoms with Gasteiger partial charge in [0.15, 0.2) is 15.1 Å². The number of aromatic nitrogens is 3. The number of carboxylic acid groups (broad SMARTS) is 1. The normalized spacial score (nSPS) is 12.7. The summed E-state index contributed by atoms with van der Waals surface area (Å²) < 4.78 is 73.2. The van der Waals surface area contributed by atoms with Crippen LogP contribution in [0.25, 0.3) is 22.0 Å². The molecule has 0 aliphatic rings. The number of fused-ring (bicyclic) bond motifs is 1. The maximum absolute atomic E-state index is 13.2. The summed E-state index contributed by atoms with van der Waals surface area (Å²) in [5.41, 5.74) is 0.667. The van der Waals surface area contributed by atoms with E-state index in [1.165, 1.54) is 55.6 Å². The van der Waals surface area contributed by atoms with E-state index < -0.39 is 45.1 Å². The Morgan fingerprint density at radius 3 is 2.15 bits per heavy atom. The predicted octanol–water partition coefficient (Wildman–Crippen LogP) is 3.68. The van der Waals surface area contributed by atoms with Crippen LogP contribution >= 0.6 is 0 Å². The van der Waals surface area contributed by atoms with Gasteiger partial charge in [-0.05, 0) is 60.0 Å². The van der Waals surface area contributed by atoms with E-state index in [2.05, 4.69) is 15.0 Å². The molecule has 1 heterocycles. The fourth-order valence-corrected chi connectivity index (χ4v) is 5.36. The number of carboxylic acids is 1. The third-order valence-corrected chi connectivity index (χ3v) is 7.90. The first-order chi connectivity index (χ1) is 18.4. The largest absolute Gasteiger partial charge is 0.573 e. The van der Waals surface area contributed by atoms with E-state index in [-0.39, 0.29) is 16.8 Å². The van der Waals surface area contributed by atoms with E-state index >= 15 is 0 Å². The number of hydrogen-bond donors (Lipinski definition) is 1. The molecule has 14 heteroatoms. The molecule has 0 radical (unpaired) electrons. The van der Waals surface area contributed by atoms with Crippen LogP contribution in [0.3, 0.4) is 0 Å². The molecule has 0 saturated heterocycles. The number of ether oxygens (including phenoxy) is 2. The number of rotatable bonds is 9. The lowest BCUT2D eigenvalue weighted by Gasteiger charge is -2.15. The summed E-state index contributed by atoms with van der Waals surface area (Å²) in [4.78, 5) is 24.5. The topological polar surface area (TPSA) is 138 Å². The van der Waals surface area contributed by atoms with Gasteiger partial charge in [-0.3, -0.25) is 9.59 Å². The highest BCUT2D eigenvalue weighted by molar-refractivity contribution is 7.92. The zero-order valence-electron chi connectivity index (χ0n) is 20.1. The Kier molecular flexibility index (Phi) is 7.58. The molecule has 1 unspecified atom stereocenters. The van der Waals surface area contributed by atoms with Crippen LogP contribution in [0.15, 0.2) is 76.4 Å². The molecule has 10 nitrogen and oxygen atoms in total. The van der Waals surface area contributed by atoms with E-state index in [1.807, 2.05) is 0 Å². The molecule has 0 spiro atoms. The van der Waals surface area contributed by atoms with Crippen molar-refractivity contribution in [1.29, 1.82) is 0 Å². The van der Waals surface area contributed by atoms with E-state index in [9.17, 15) is 36.3 Å². The molecule has 204 valence electrons. The molecule has 3 aromatic carbocycles. The fraction of sp³-hybridized carbons (Fsp3) is 0.200. The molecule has 4 rings (SSSR count). The van der Waals surface area contributed by atoms with Crippen molar-refractivity contribution in [2.24, 2.45) is 0 Å². The van der Waals surface area contributed by atoms with E-state index in [4.69, 9.17) is 4.74 Å². The van der Waals surface area contributed by atoms with Crippen molar-refractivity contribution in [3.05, 3.63) is 77.1 Å².